The number of furan rings is 1. The number of aryl methyl sites for hydroxylation is 1. The number of benzene rings is 1. The summed E-state index contributed by atoms with van der Waals surface area (Å²) in [6, 6.07) is 11.7. The fraction of sp³-hybridized carbons (Fsp3) is 0.267. The van der Waals surface area contributed by atoms with Gasteiger partial charge in [0.25, 0.3) is 0 Å². The molecule has 4 nitrogen and oxygen atoms in total. The molecule has 0 amide bonds. The highest BCUT2D eigenvalue weighted by Gasteiger charge is 2.12. The highest BCUT2D eigenvalue weighted by atomic mass is 16.4. The van der Waals surface area contributed by atoms with Gasteiger partial charge in [0.1, 0.15) is 19.6 Å². The van der Waals surface area contributed by atoms with Crippen LogP contribution < -0.4 is 10.0 Å². The van der Waals surface area contributed by atoms with E-state index in [0.717, 1.165) is 16.2 Å². The molecule has 1 atom stereocenters. The Morgan fingerprint density at radius 1 is 1.26 bits per heavy atom. The number of rotatable bonds is 6. The summed E-state index contributed by atoms with van der Waals surface area (Å²) in [6.07, 6.45) is 1.60. The SMILES string of the molecule is Cc1cccc(C[NH+](CC(=O)[O-])Cc2ccco2)c1. The molecule has 0 aliphatic rings. The van der Waals surface area contributed by atoms with Crippen LogP contribution in [0.15, 0.2) is 47.1 Å². The van der Waals surface area contributed by atoms with Crippen LogP contribution in [0, 0.1) is 6.92 Å². The van der Waals surface area contributed by atoms with E-state index >= 15 is 0 Å². The molecule has 2 aromatic rings. The second-order valence-electron chi connectivity index (χ2n) is 4.72. The average Bonchev–Trinajstić information content (AvgIpc) is 2.80. The van der Waals surface area contributed by atoms with Gasteiger partial charge in [-0.15, -0.1) is 0 Å². The molecular weight excluding hydrogens is 242 g/mol. The van der Waals surface area contributed by atoms with Crippen LogP contribution in [0.1, 0.15) is 16.9 Å². The first-order valence-corrected chi connectivity index (χ1v) is 6.25. The molecule has 4 heteroatoms. The van der Waals surface area contributed by atoms with Crippen LogP contribution in [0.5, 0.6) is 0 Å². The van der Waals surface area contributed by atoms with Crippen molar-refractivity contribution in [2.45, 2.75) is 20.0 Å². The maximum Gasteiger partial charge on any atom is 0.157 e. The molecule has 0 bridgehead atoms. The fourth-order valence-corrected chi connectivity index (χ4v) is 2.16. The zero-order valence-electron chi connectivity index (χ0n) is 10.9. The summed E-state index contributed by atoms with van der Waals surface area (Å²) in [7, 11) is 0. The molecule has 0 aliphatic heterocycles. The molecule has 0 fully saturated rings. The molecule has 1 N–H and O–H groups in total. The number of carboxylic acid groups (broad SMARTS) is 1. The predicted molar refractivity (Wildman–Crippen MR) is 68.1 cm³/mol. The van der Waals surface area contributed by atoms with Crippen molar-refractivity contribution in [1.29, 1.82) is 0 Å². The van der Waals surface area contributed by atoms with Gasteiger partial charge in [0, 0.05) is 5.56 Å². The van der Waals surface area contributed by atoms with Gasteiger partial charge in [-0.25, -0.2) is 0 Å². The normalized spacial score (nSPS) is 12.3. The van der Waals surface area contributed by atoms with Crippen molar-refractivity contribution in [1.82, 2.24) is 0 Å². The number of nitrogens with one attached hydrogen (secondary N) is 1. The maximum absolute atomic E-state index is 10.8. The quantitative estimate of drug-likeness (QED) is 0.789. The van der Waals surface area contributed by atoms with E-state index in [4.69, 9.17) is 4.42 Å². The van der Waals surface area contributed by atoms with Gasteiger partial charge in [-0.3, -0.25) is 0 Å². The van der Waals surface area contributed by atoms with E-state index in [9.17, 15) is 9.90 Å². The number of carbonyl (C=O) groups is 1. The van der Waals surface area contributed by atoms with Gasteiger partial charge in [0.05, 0.1) is 12.2 Å². The number of carbonyl (C=O) groups excluding carboxylic acids is 1. The van der Waals surface area contributed by atoms with E-state index < -0.39 is 5.97 Å². The smallest absolute Gasteiger partial charge is 0.157 e. The summed E-state index contributed by atoms with van der Waals surface area (Å²) < 4.78 is 5.27. The zero-order valence-corrected chi connectivity index (χ0v) is 10.9. The minimum Gasteiger partial charge on any atom is -0.544 e. The molecule has 0 spiro atoms. The van der Waals surface area contributed by atoms with Crippen molar-refractivity contribution >= 4 is 5.97 Å². The van der Waals surface area contributed by atoms with E-state index in [0.29, 0.717) is 13.1 Å². The molecule has 0 radical (unpaired) electrons. The van der Waals surface area contributed by atoms with Crippen molar-refractivity contribution in [2.24, 2.45) is 0 Å². The van der Waals surface area contributed by atoms with Gasteiger partial charge in [-0.05, 0) is 19.1 Å². The zero-order chi connectivity index (χ0) is 13.7. The van der Waals surface area contributed by atoms with Crippen molar-refractivity contribution in [3.05, 3.63) is 59.5 Å². The van der Waals surface area contributed by atoms with Gasteiger partial charge in [0.2, 0.25) is 0 Å². The van der Waals surface area contributed by atoms with E-state index in [2.05, 4.69) is 6.07 Å². The highest BCUT2D eigenvalue weighted by molar-refractivity contribution is 5.65. The molecular formula is C15H17NO3. The van der Waals surface area contributed by atoms with Gasteiger partial charge in [0.15, 0.2) is 5.76 Å². The third kappa shape index (κ3) is 4.26. The molecule has 2 rings (SSSR count). The van der Waals surface area contributed by atoms with E-state index in [1.807, 2.05) is 31.2 Å². The largest absolute Gasteiger partial charge is 0.544 e. The van der Waals surface area contributed by atoms with Crippen LogP contribution in [0.25, 0.3) is 0 Å². The van der Waals surface area contributed by atoms with E-state index in [1.165, 1.54) is 5.56 Å². The van der Waals surface area contributed by atoms with Crippen molar-refractivity contribution in [3.8, 4) is 0 Å². The maximum atomic E-state index is 10.8. The van der Waals surface area contributed by atoms with E-state index in [-0.39, 0.29) is 6.54 Å². The average molecular weight is 259 g/mol. The Morgan fingerprint density at radius 3 is 2.74 bits per heavy atom. The van der Waals surface area contributed by atoms with Gasteiger partial charge in [-0.2, -0.15) is 0 Å². The fourth-order valence-electron chi connectivity index (χ4n) is 2.16. The summed E-state index contributed by atoms with van der Waals surface area (Å²) in [5.74, 6) is -0.266. The molecule has 1 aromatic heterocycles. The molecule has 0 saturated heterocycles. The van der Waals surface area contributed by atoms with E-state index in [1.54, 1.807) is 12.3 Å². The lowest BCUT2D eigenvalue weighted by atomic mass is 10.1. The Labute approximate surface area is 112 Å². The summed E-state index contributed by atoms with van der Waals surface area (Å²) in [5.41, 5.74) is 2.28. The highest BCUT2D eigenvalue weighted by Crippen LogP contribution is 2.03. The first-order valence-electron chi connectivity index (χ1n) is 6.25. The first-order chi connectivity index (χ1) is 9.13. The molecule has 19 heavy (non-hydrogen) atoms. The van der Waals surface area contributed by atoms with Crippen LogP contribution >= 0.6 is 0 Å². The van der Waals surface area contributed by atoms with Crippen LogP contribution in [-0.2, 0) is 17.9 Å². The predicted octanol–water partition coefficient (Wildman–Crippen LogP) is -0.0770. The molecule has 0 saturated carbocycles. The first kappa shape index (κ1) is 13.4. The summed E-state index contributed by atoms with van der Waals surface area (Å²) in [6.45, 7) is 3.16. The van der Waals surface area contributed by atoms with Crippen LogP contribution in [0.3, 0.4) is 0 Å². The monoisotopic (exact) mass is 259 g/mol. The summed E-state index contributed by atoms with van der Waals surface area (Å²) >= 11 is 0. The number of aliphatic carboxylic acids is 1. The number of hydrogen-bond acceptors (Lipinski definition) is 3. The third-order valence-corrected chi connectivity index (χ3v) is 2.94. The molecule has 1 heterocycles. The third-order valence-electron chi connectivity index (χ3n) is 2.94. The number of quaternary nitrogens is 1. The molecule has 1 unspecified atom stereocenters. The lowest BCUT2D eigenvalue weighted by Crippen LogP contribution is -3.10. The Balaban J connectivity index is 2.07. The minimum absolute atomic E-state index is 0.0331. The second-order valence-corrected chi connectivity index (χ2v) is 4.72. The molecule has 0 aliphatic carbocycles. The van der Waals surface area contributed by atoms with Crippen LogP contribution in [0.4, 0.5) is 0 Å². The van der Waals surface area contributed by atoms with Crippen molar-refractivity contribution in [3.63, 3.8) is 0 Å². The Kier molecular flexibility index (Phi) is 4.36. The molecule has 100 valence electrons. The lowest BCUT2D eigenvalue weighted by Gasteiger charge is -2.19. The standard InChI is InChI=1S/C15H17NO3/c1-12-4-2-5-13(8-12)9-16(11-15(17)18)10-14-6-3-7-19-14/h2-8H,9-11H2,1H3,(H,17,18). The second kappa shape index (κ2) is 6.20. The van der Waals surface area contributed by atoms with Gasteiger partial charge in [-0.1, -0.05) is 29.8 Å². The Morgan fingerprint density at radius 2 is 2.11 bits per heavy atom. The van der Waals surface area contributed by atoms with Gasteiger partial charge < -0.3 is 19.2 Å². The number of carboxylic acids is 1. The summed E-state index contributed by atoms with van der Waals surface area (Å²) in [4.78, 5) is 11.7. The van der Waals surface area contributed by atoms with Crippen LogP contribution in [0.2, 0.25) is 0 Å². The molecule has 1 aromatic carbocycles. The van der Waals surface area contributed by atoms with Crippen molar-refractivity contribution in [2.75, 3.05) is 6.54 Å². The Hall–Kier alpha value is -2.07. The van der Waals surface area contributed by atoms with Crippen molar-refractivity contribution < 1.29 is 19.2 Å². The van der Waals surface area contributed by atoms with Crippen LogP contribution in [-0.4, -0.2) is 12.5 Å². The topological polar surface area (TPSA) is 57.7 Å². The Bertz CT molecular complexity index is 534. The summed E-state index contributed by atoms with van der Waals surface area (Å²) in [5, 5.41) is 10.8. The minimum atomic E-state index is -1.05. The van der Waals surface area contributed by atoms with Gasteiger partial charge >= 0.3 is 0 Å². The number of hydrogen-bond donors (Lipinski definition) is 1. The lowest BCUT2D eigenvalue weighted by molar-refractivity contribution is -0.922.